The third kappa shape index (κ3) is 15.9. The summed E-state index contributed by atoms with van der Waals surface area (Å²) in [6.45, 7) is 8.68. The van der Waals surface area contributed by atoms with E-state index in [1.165, 1.54) is 47.8 Å². The molecule has 2 heterocycles. The number of rotatable bonds is 23. The molecular weight excluding hydrogens is 847 g/mol. The summed E-state index contributed by atoms with van der Waals surface area (Å²) < 4.78 is 99.9. The lowest BCUT2D eigenvalue weighted by atomic mass is 10.0. The Bertz CT molecular complexity index is 1830. The van der Waals surface area contributed by atoms with Gasteiger partial charge in [0.2, 0.25) is 23.6 Å². The van der Waals surface area contributed by atoms with Crippen LogP contribution in [0.2, 0.25) is 0 Å². The third-order valence-corrected chi connectivity index (χ3v) is 12.2. The Morgan fingerprint density at radius 1 is 0.869 bits per heavy atom. The van der Waals surface area contributed by atoms with Crippen LogP contribution in [0.3, 0.4) is 0 Å². The van der Waals surface area contributed by atoms with Crippen molar-refractivity contribution >= 4 is 36.0 Å². The second-order valence-corrected chi connectivity index (χ2v) is 19.0. The molecule has 2 fully saturated rings. The van der Waals surface area contributed by atoms with Crippen LogP contribution in [0.5, 0.6) is 11.5 Å². The molecule has 0 aromatic heterocycles. The third-order valence-electron chi connectivity index (χ3n) is 8.95. The van der Waals surface area contributed by atoms with Crippen LogP contribution in [-0.4, -0.2) is 126 Å². The first-order valence-corrected chi connectivity index (χ1v) is 22.8. The van der Waals surface area contributed by atoms with Gasteiger partial charge in [0.1, 0.15) is 17.6 Å². The number of carbonyl (C=O) groups excluding carboxylic acids is 3. The Morgan fingerprint density at radius 2 is 1.46 bits per heavy atom. The van der Waals surface area contributed by atoms with Gasteiger partial charge in [0.05, 0.1) is 55.5 Å². The summed E-state index contributed by atoms with van der Waals surface area (Å²) in [5.41, 5.74) is 0.573. The maximum atomic E-state index is 13.9. The minimum atomic E-state index is -4.27. The molecule has 0 unspecified atom stereocenters. The number of aliphatic hydroxyl groups is 1. The Labute approximate surface area is 355 Å². The van der Waals surface area contributed by atoms with Crippen molar-refractivity contribution in [2.75, 3.05) is 53.3 Å². The quantitative estimate of drug-likeness (QED) is 0.0614. The van der Waals surface area contributed by atoms with E-state index in [9.17, 15) is 32.5 Å². The summed E-state index contributed by atoms with van der Waals surface area (Å²) in [6, 6.07) is 11.0. The summed E-state index contributed by atoms with van der Waals surface area (Å²) in [5, 5.41) is 14.5. The van der Waals surface area contributed by atoms with Crippen molar-refractivity contribution in [2.45, 2.75) is 96.0 Å². The second-order valence-electron chi connectivity index (χ2n) is 15.0. The van der Waals surface area contributed by atoms with Gasteiger partial charge in [-0.15, -0.1) is 0 Å². The van der Waals surface area contributed by atoms with Crippen LogP contribution in [0.4, 0.5) is 14.4 Å². The van der Waals surface area contributed by atoms with Crippen LogP contribution in [0, 0.1) is 11.8 Å². The number of nitrogens with one attached hydrogen (secondary N) is 1. The number of ether oxygens (including phenoxy) is 9. The number of nitrogens with zero attached hydrogens (tertiary/aromatic N) is 1. The number of hydrogen-bond donors (Lipinski definition) is 2. The van der Waals surface area contributed by atoms with Crippen LogP contribution < -0.4 is 14.8 Å². The topological polar surface area (TPSA) is 239 Å². The van der Waals surface area contributed by atoms with Crippen LogP contribution in [0.15, 0.2) is 53.4 Å². The van der Waals surface area contributed by atoms with Gasteiger partial charge in [-0.25, -0.2) is 22.8 Å². The first-order valence-electron chi connectivity index (χ1n) is 19.7. The van der Waals surface area contributed by atoms with Crippen LogP contribution in [-0.2, 0) is 63.2 Å². The molecule has 2 aliphatic rings. The zero-order chi connectivity index (χ0) is 44.7. The van der Waals surface area contributed by atoms with Gasteiger partial charge in [0, 0.05) is 13.1 Å². The zero-order valence-corrected chi connectivity index (χ0v) is 37.0. The largest absolute Gasteiger partial charge is 0.510 e. The standard InChI is InChI=1S/C39H57N2O18PS/c1-25(2)19-41(61(47,48)31-14-12-29(49-7)13-15-31)20-34(42)33(40-37(43)59-35-21-51-36-32(35)16-17-50-36)18-28-8-10-30(11-9-28)54-24-60(46,55-22-52-38(44)57-26(3)4)56-23-53-39(45)58-27(5)6/h8-15,25-27,32-36,42H,16-24H2,1-7H3,(H,40,43)/t32-,33-,34+,35-,36+/m0/s1. The minimum Gasteiger partial charge on any atom is -0.497 e. The van der Waals surface area contributed by atoms with Crippen LogP contribution in [0.1, 0.15) is 53.5 Å². The predicted molar refractivity (Wildman–Crippen MR) is 214 cm³/mol. The van der Waals surface area contributed by atoms with E-state index in [0.29, 0.717) is 24.3 Å². The molecule has 22 heteroatoms. The van der Waals surface area contributed by atoms with Crippen molar-refractivity contribution in [2.24, 2.45) is 11.8 Å². The molecule has 5 atom stereocenters. The Morgan fingerprint density at radius 3 is 2.02 bits per heavy atom. The van der Waals surface area contributed by atoms with Crippen molar-refractivity contribution in [3.8, 4) is 11.5 Å². The van der Waals surface area contributed by atoms with Gasteiger partial charge in [-0.05, 0) is 88.4 Å². The highest BCUT2D eigenvalue weighted by molar-refractivity contribution is 7.89. The van der Waals surface area contributed by atoms with Crippen molar-refractivity contribution < 1.29 is 84.2 Å². The van der Waals surface area contributed by atoms with Gasteiger partial charge in [0.25, 0.3) is 0 Å². The molecule has 0 radical (unpaired) electrons. The molecule has 2 aromatic carbocycles. The Balaban J connectivity index is 1.49. The first-order chi connectivity index (χ1) is 28.9. The van der Waals surface area contributed by atoms with Crippen molar-refractivity contribution in [3.63, 3.8) is 0 Å². The van der Waals surface area contributed by atoms with E-state index >= 15 is 0 Å². The highest BCUT2D eigenvalue weighted by Crippen LogP contribution is 2.48. The van der Waals surface area contributed by atoms with Crippen LogP contribution in [0.25, 0.3) is 0 Å². The van der Waals surface area contributed by atoms with Gasteiger partial charge < -0.3 is 53.1 Å². The number of methoxy groups -OCH3 is 1. The molecule has 2 saturated heterocycles. The van der Waals surface area contributed by atoms with E-state index < -0.39 is 92.7 Å². The Hall–Kier alpha value is -4.21. The molecule has 1 amide bonds. The van der Waals surface area contributed by atoms with E-state index in [0.717, 1.165) is 0 Å². The van der Waals surface area contributed by atoms with E-state index in [1.54, 1.807) is 39.8 Å². The van der Waals surface area contributed by atoms with E-state index in [4.69, 9.17) is 51.7 Å². The lowest BCUT2D eigenvalue weighted by molar-refractivity contribution is -0.0907. The van der Waals surface area contributed by atoms with Gasteiger partial charge >= 0.3 is 26.0 Å². The molecular formula is C39H57N2O18PS. The normalized spacial score (nSPS) is 18.7. The van der Waals surface area contributed by atoms with E-state index in [-0.39, 0.29) is 48.6 Å². The van der Waals surface area contributed by atoms with Gasteiger partial charge in [-0.3, -0.25) is 13.6 Å². The van der Waals surface area contributed by atoms with E-state index in [2.05, 4.69) is 5.32 Å². The Kier molecular flexibility index (Phi) is 18.9. The number of amides is 1. The molecule has 0 aliphatic carbocycles. The molecule has 0 bridgehead atoms. The highest BCUT2D eigenvalue weighted by Gasteiger charge is 2.44. The zero-order valence-electron chi connectivity index (χ0n) is 35.3. The monoisotopic (exact) mass is 904 g/mol. The van der Waals surface area contributed by atoms with E-state index in [1.807, 2.05) is 13.8 Å². The molecule has 0 spiro atoms. The number of benzene rings is 2. The summed E-state index contributed by atoms with van der Waals surface area (Å²) in [6.07, 6.45) is -6.55. The molecule has 20 nitrogen and oxygen atoms in total. The fourth-order valence-corrected chi connectivity index (χ4v) is 8.65. The number of alkyl carbamates (subject to hydrolysis) is 1. The fourth-order valence-electron chi connectivity index (χ4n) is 6.07. The van der Waals surface area contributed by atoms with Gasteiger partial charge in [0.15, 0.2) is 12.6 Å². The summed E-state index contributed by atoms with van der Waals surface area (Å²) in [4.78, 5) is 37.0. The number of sulfonamides is 1. The molecule has 2 aliphatic heterocycles. The fraction of sp³-hybridized carbons (Fsp3) is 0.615. The average molecular weight is 905 g/mol. The molecule has 61 heavy (non-hydrogen) atoms. The number of fused-ring (bicyclic) bond motifs is 1. The van der Waals surface area contributed by atoms with Gasteiger partial charge in [-0.1, -0.05) is 26.0 Å². The molecule has 342 valence electrons. The lowest BCUT2D eigenvalue weighted by Crippen LogP contribution is -2.51. The summed E-state index contributed by atoms with van der Waals surface area (Å²) in [7, 11) is -6.92. The molecule has 2 N–H and O–H groups in total. The van der Waals surface area contributed by atoms with Crippen LogP contribution >= 0.6 is 7.60 Å². The molecule has 0 saturated carbocycles. The highest BCUT2D eigenvalue weighted by atomic mass is 32.2. The van der Waals surface area contributed by atoms with Crippen molar-refractivity contribution in [3.05, 3.63) is 54.1 Å². The molecule has 4 rings (SSSR count). The first kappa shape index (κ1) is 49.4. The van der Waals surface area contributed by atoms with Crippen molar-refractivity contribution in [1.82, 2.24) is 9.62 Å². The maximum absolute atomic E-state index is 13.9. The second kappa shape index (κ2) is 23.3. The average Bonchev–Trinajstić information content (AvgIpc) is 3.81. The minimum absolute atomic E-state index is 0.00195. The van der Waals surface area contributed by atoms with Gasteiger partial charge in [-0.2, -0.15) is 4.31 Å². The maximum Gasteiger partial charge on any atom is 0.510 e. The predicted octanol–water partition coefficient (Wildman–Crippen LogP) is 5.40. The lowest BCUT2D eigenvalue weighted by Gasteiger charge is -2.31. The number of aliphatic hydroxyl groups excluding tert-OH is 1. The smallest absolute Gasteiger partial charge is 0.497 e. The molecule has 2 aromatic rings. The summed E-state index contributed by atoms with van der Waals surface area (Å²) >= 11 is 0. The number of carbonyl (C=O) groups is 3. The van der Waals surface area contributed by atoms with Crippen molar-refractivity contribution in [1.29, 1.82) is 0 Å². The number of hydrogen-bond acceptors (Lipinski definition) is 18. The SMILES string of the molecule is COc1ccc(S(=O)(=O)N(CC(C)C)C[C@@H](O)[C@H](Cc2ccc(OCP(=O)(OCOC(=O)OC(C)C)OCOC(=O)OC(C)C)cc2)NC(=O)O[C@H]2CO[C@H]3OCC[C@H]32)cc1. The summed E-state index contributed by atoms with van der Waals surface area (Å²) in [5.74, 6) is 0.371.